The van der Waals surface area contributed by atoms with E-state index in [-0.39, 0.29) is 6.04 Å². The summed E-state index contributed by atoms with van der Waals surface area (Å²) in [5.41, 5.74) is 7.11. The van der Waals surface area contributed by atoms with Crippen molar-refractivity contribution in [1.29, 1.82) is 0 Å². The minimum Gasteiger partial charge on any atom is -0.329 e. The number of hydrogen-bond acceptors (Lipinski definition) is 3. The smallest absolute Gasteiger partial charge is 0.0538 e. The molecule has 4 nitrogen and oxygen atoms in total. The maximum absolute atomic E-state index is 5.89. The van der Waals surface area contributed by atoms with Gasteiger partial charge >= 0.3 is 0 Å². The zero-order valence-corrected chi connectivity index (χ0v) is 10.8. The predicted molar refractivity (Wildman–Crippen MR) is 67.2 cm³/mol. The van der Waals surface area contributed by atoms with Crippen molar-refractivity contribution in [2.75, 3.05) is 13.1 Å². The maximum atomic E-state index is 5.89. The second-order valence-corrected chi connectivity index (χ2v) is 4.31. The molecule has 0 amide bonds. The quantitative estimate of drug-likeness (QED) is 0.799. The van der Waals surface area contributed by atoms with Gasteiger partial charge in [0.25, 0.3) is 0 Å². The van der Waals surface area contributed by atoms with Crippen LogP contribution in [0.15, 0.2) is 12.4 Å². The Morgan fingerprint density at radius 3 is 2.50 bits per heavy atom. The van der Waals surface area contributed by atoms with Gasteiger partial charge in [-0.15, -0.1) is 0 Å². The monoisotopic (exact) mass is 224 g/mol. The van der Waals surface area contributed by atoms with Gasteiger partial charge in [0.15, 0.2) is 0 Å². The summed E-state index contributed by atoms with van der Waals surface area (Å²) in [6.45, 7) is 11.2. The van der Waals surface area contributed by atoms with Crippen molar-refractivity contribution in [3.05, 3.63) is 18.0 Å². The van der Waals surface area contributed by atoms with Crippen molar-refractivity contribution in [2.24, 2.45) is 5.73 Å². The maximum Gasteiger partial charge on any atom is 0.0538 e. The first-order chi connectivity index (χ1) is 7.63. The zero-order chi connectivity index (χ0) is 12.1. The number of aryl methyl sites for hydroxylation is 1. The fourth-order valence-corrected chi connectivity index (χ4v) is 2.13. The number of nitrogens with two attached hydrogens (primary N) is 1. The molecule has 0 radical (unpaired) electrons. The second kappa shape index (κ2) is 6.01. The van der Waals surface area contributed by atoms with Crippen LogP contribution in [0.25, 0.3) is 0 Å². The third-order valence-electron chi connectivity index (χ3n) is 3.01. The summed E-state index contributed by atoms with van der Waals surface area (Å²) in [6.07, 6.45) is 4.04. The summed E-state index contributed by atoms with van der Waals surface area (Å²) in [5.74, 6) is 0. The van der Waals surface area contributed by atoms with Crippen molar-refractivity contribution in [1.82, 2.24) is 14.7 Å². The molecule has 0 saturated heterocycles. The topological polar surface area (TPSA) is 47.1 Å². The molecular weight excluding hydrogens is 200 g/mol. The van der Waals surface area contributed by atoms with E-state index < -0.39 is 0 Å². The largest absolute Gasteiger partial charge is 0.329 e. The van der Waals surface area contributed by atoms with E-state index in [2.05, 4.69) is 43.9 Å². The molecule has 1 aromatic heterocycles. The summed E-state index contributed by atoms with van der Waals surface area (Å²) in [6, 6.07) is 0.786. The minimum atomic E-state index is 0.283. The number of hydrogen-bond donors (Lipinski definition) is 1. The first-order valence-electron chi connectivity index (χ1n) is 6.12. The third kappa shape index (κ3) is 2.83. The van der Waals surface area contributed by atoms with E-state index in [4.69, 9.17) is 5.73 Å². The second-order valence-electron chi connectivity index (χ2n) is 4.31. The van der Waals surface area contributed by atoms with Crippen LogP contribution in [0.2, 0.25) is 0 Å². The van der Waals surface area contributed by atoms with Crippen molar-refractivity contribution in [3.63, 3.8) is 0 Å². The average Bonchev–Trinajstić information content (AvgIpc) is 2.73. The molecule has 0 bridgehead atoms. The lowest BCUT2D eigenvalue weighted by atomic mass is 10.1. The molecule has 2 N–H and O–H groups in total. The Kier molecular flexibility index (Phi) is 4.96. The van der Waals surface area contributed by atoms with E-state index in [0.717, 1.165) is 13.1 Å². The minimum absolute atomic E-state index is 0.283. The van der Waals surface area contributed by atoms with Crippen LogP contribution in [0.5, 0.6) is 0 Å². The Labute approximate surface area is 98.4 Å². The van der Waals surface area contributed by atoms with Crippen LogP contribution in [0.1, 0.15) is 39.3 Å². The van der Waals surface area contributed by atoms with Crippen LogP contribution in [-0.4, -0.2) is 33.8 Å². The summed E-state index contributed by atoms with van der Waals surface area (Å²) in [4.78, 5) is 2.40. The van der Waals surface area contributed by atoms with Gasteiger partial charge in [0, 0.05) is 30.9 Å². The average molecular weight is 224 g/mol. The SMILES string of the molecule is CCN(C(C)C)C(CN)c1cnn(CC)c1. The van der Waals surface area contributed by atoms with Crippen molar-refractivity contribution in [3.8, 4) is 0 Å². The highest BCUT2D eigenvalue weighted by molar-refractivity contribution is 5.11. The standard InChI is InChI=1S/C12H24N4/c1-5-15-9-11(8-14-15)12(7-13)16(6-2)10(3)4/h8-10,12H,5-7,13H2,1-4H3. The molecule has 1 heterocycles. The molecule has 1 atom stereocenters. The molecule has 16 heavy (non-hydrogen) atoms. The molecule has 0 aromatic carbocycles. The third-order valence-corrected chi connectivity index (χ3v) is 3.01. The molecule has 4 heteroatoms. The molecule has 0 aliphatic carbocycles. The van der Waals surface area contributed by atoms with Gasteiger partial charge in [0.1, 0.15) is 0 Å². The van der Waals surface area contributed by atoms with Gasteiger partial charge in [-0.05, 0) is 27.3 Å². The Balaban J connectivity index is 2.87. The lowest BCUT2D eigenvalue weighted by molar-refractivity contribution is 0.166. The van der Waals surface area contributed by atoms with E-state index in [1.165, 1.54) is 5.56 Å². The molecule has 0 fully saturated rings. The number of nitrogens with zero attached hydrogens (tertiary/aromatic N) is 3. The summed E-state index contributed by atoms with van der Waals surface area (Å²) < 4.78 is 1.95. The van der Waals surface area contributed by atoms with Gasteiger partial charge in [-0.1, -0.05) is 6.92 Å². The van der Waals surface area contributed by atoms with Gasteiger partial charge < -0.3 is 5.73 Å². The molecule has 1 unspecified atom stereocenters. The first-order valence-corrected chi connectivity index (χ1v) is 6.12. The molecule has 92 valence electrons. The van der Waals surface area contributed by atoms with E-state index in [9.17, 15) is 0 Å². The Morgan fingerprint density at radius 2 is 2.12 bits per heavy atom. The lowest BCUT2D eigenvalue weighted by Crippen LogP contribution is -2.38. The molecule has 1 rings (SSSR count). The Bertz CT molecular complexity index is 306. The zero-order valence-electron chi connectivity index (χ0n) is 10.8. The van der Waals surface area contributed by atoms with Crippen molar-refractivity contribution >= 4 is 0 Å². The summed E-state index contributed by atoms with van der Waals surface area (Å²) in [7, 11) is 0. The highest BCUT2D eigenvalue weighted by atomic mass is 15.3. The first kappa shape index (κ1) is 13.2. The summed E-state index contributed by atoms with van der Waals surface area (Å²) >= 11 is 0. The van der Waals surface area contributed by atoms with Crippen LogP contribution in [0.3, 0.4) is 0 Å². The molecule has 0 spiro atoms. The van der Waals surface area contributed by atoms with Crippen molar-refractivity contribution < 1.29 is 0 Å². The molecule has 1 aromatic rings. The Morgan fingerprint density at radius 1 is 1.44 bits per heavy atom. The molecule has 0 aliphatic rings. The van der Waals surface area contributed by atoms with E-state index >= 15 is 0 Å². The van der Waals surface area contributed by atoms with Gasteiger partial charge in [0.2, 0.25) is 0 Å². The van der Waals surface area contributed by atoms with E-state index in [0.29, 0.717) is 12.6 Å². The number of aromatic nitrogens is 2. The van der Waals surface area contributed by atoms with E-state index in [1.807, 2.05) is 10.9 Å². The normalized spacial score (nSPS) is 13.7. The number of rotatable bonds is 6. The van der Waals surface area contributed by atoms with Crippen LogP contribution in [-0.2, 0) is 6.54 Å². The fourth-order valence-electron chi connectivity index (χ4n) is 2.13. The summed E-state index contributed by atoms with van der Waals surface area (Å²) in [5, 5.41) is 4.31. The van der Waals surface area contributed by atoms with E-state index in [1.54, 1.807) is 0 Å². The highest BCUT2D eigenvalue weighted by Gasteiger charge is 2.21. The van der Waals surface area contributed by atoms with Gasteiger partial charge in [-0.2, -0.15) is 5.10 Å². The van der Waals surface area contributed by atoms with Gasteiger partial charge in [-0.3, -0.25) is 9.58 Å². The lowest BCUT2D eigenvalue weighted by Gasteiger charge is -2.32. The van der Waals surface area contributed by atoms with Crippen LogP contribution >= 0.6 is 0 Å². The molecule has 0 saturated carbocycles. The van der Waals surface area contributed by atoms with Gasteiger partial charge in [-0.25, -0.2) is 0 Å². The molecular formula is C12H24N4. The highest BCUT2D eigenvalue weighted by Crippen LogP contribution is 2.21. The van der Waals surface area contributed by atoms with Crippen LogP contribution in [0.4, 0.5) is 0 Å². The Hall–Kier alpha value is -0.870. The number of likely N-dealkylation sites (N-methyl/N-ethyl adjacent to an activating group) is 1. The van der Waals surface area contributed by atoms with Gasteiger partial charge in [0.05, 0.1) is 12.2 Å². The van der Waals surface area contributed by atoms with Crippen LogP contribution < -0.4 is 5.73 Å². The van der Waals surface area contributed by atoms with Crippen LogP contribution in [0, 0.1) is 0 Å². The molecule has 0 aliphatic heterocycles. The predicted octanol–water partition coefficient (Wildman–Crippen LogP) is 1.63. The van der Waals surface area contributed by atoms with Crippen molar-refractivity contribution in [2.45, 2.75) is 46.3 Å². The fraction of sp³-hybridized carbons (Fsp3) is 0.750.